The van der Waals surface area contributed by atoms with Crippen molar-refractivity contribution in [1.29, 1.82) is 0 Å². The predicted molar refractivity (Wildman–Crippen MR) is 175 cm³/mol. The molecule has 42 heavy (non-hydrogen) atoms. The van der Waals surface area contributed by atoms with Gasteiger partial charge in [0.05, 0.1) is 0 Å². The summed E-state index contributed by atoms with van der Waals surface area (Å²) in [5.74, 6) is 1.12. The van der Waals surface area contributed by atoms with Gasteiger partial charge in [-0.05, 0) is 71.0 Å². The lowest BCUT2D eigenvalue weighted by Crippen LogP contribution is -2.28. The van der Waals surface area contributed by atoms with Gasteiger partial charge >= 0.3 is 5.97 Å². The van der Waals surface area contributed by atoms with Crippen molar-refractivity contribution >= 4 is 27.5 Å². The van der Waals surface area contributed by atoms with E-state index in [2.05, 4.69) is 85.8 Å². The van der Waals surface area contributed by atoms with Crippen LogP contribution in [0.3, 0.4) is 0 Å². The molecule has 1 aliphatic rings. The average Bonchev–Trinajstić information content (AvgIpc) is 3.03. The van der Waals surface area contributed by atoms with Crippen molar-refractivity contribution in [3.05, 3.63) is 90.0 Å². The molecule has 0 aromatic heterocycles. The van der Waals surface area contributed by atoms with E-state index in [1.54, 1.807) is 0 Å². The van der Waals surface area contributed by atoms with Crippen LogP contribution in [0.25, 0.3) is 21.5 Å². The van der Waals surface area contributed by atoms with E-state index < -0.39 is 0 Å². The minimum absolute atomic E-state index is 0.0152. The van der Waals surface area contributed by atoms with Crippen LogP contribution in [0.1, 0.15) is 114 Å². The number of hydrogen-bond acceptors (Lipinski definition) is 3. The van der Waals surface area contributed by atoms with Gasteiger partial charge < -0.3 is 9.47 Å². The SMILES string of the molecule is CCCCCCCCCCCC(=O)OC1CCCCC1c1ccc(OCc2c3ccccc3cc3ccccc23)cc1. The summed E-state index contributed by atoms with van der Waals surface area (Å²) in [6.07, 6.45) is 16.2. The highest BCUT2D eigenvalue weighted by molar-refractivity contribution is 6.02. The average molecular weight is 565 g/mol. The van der Waals surface area contributed by atoms with Crippen molar-refractivity contribution in [2.75, 3.05) is 0 Å². The molecule has 5 rings (SSSR count). The van der Waals surface area contributed by atoms with Gasteiger partial charge in [0, 0.05) is 17.9 Å². The van der Waals surface area contributed by atoms with E-state index >= 15 is 0 Å². The van der Waals surface area contributed by atoms with Gasteiger partial charge in [0.15, 0.2) is 0 Å². The Kier molecular flexibility index (Phi) is 11.3. The zero-order valence-corrected chi connectivity index (χ0v) is 25.5. The van der Waals surface area contributed by atoms with Gasteiger partial charge in [0.2, 0.25) is 0 Å². The lowest BCUT2D eigenvalue weighted by Gasteiger charge is -2.31. The number of benzene rings is 4. The minimum atomic E-state index is -0.0166. The number of fused-ring (bicyclic) bond motifs is 2. The summed E-state index contributed by atoms with van der Waals surface area (Å²) in [5.41, 5.74) is 2.47. The molecular formula is C39H48O3. The fourth-order valence-electron chi connectivity index (χ4n) is 6.66. The molecular weight excluding hydrogens is 516 g/mol. The topological polar surface area (TPSA) is 35.5 Å². The first kappa shape index (κ1) is 30.1. The minimum Gasteiger partial charge on any atom is -0.489 e. The number of unbranched alkanes of at least 4 members (excludes halogenated alkanes) is 8. The zero-order chi connectivity index (χ0) is 29.0. The van der Waals surface area contributed by atoms with Crippen molar-refractivity contribution in [3.63, 3.8) is 0 Å². The largest absolute Gasteiger partial charge is 0.489 e. The molecule has 3 nitrogen and oxygen atoms in total. The molecule has 2 atom stereocenters. The van der Waals surface area contributed by atoms with E-state index in [-0.39, 0.29) is 18.0 Å². The molecule has 1 fully saturated rings. The molecule has 0 bridgehead atoms. The Bertz CT molecular complexity index is 1350. The number of rotatable bonds is 15. The van der Waals surface area contributed by atoms with Gasteiger partial charge in [-0.1, -0.05) is 125 Å². The first-order valence-electron chi connectivity index (χ1n) is 16.5. The number of ether oxygens (including phenoxy) is 2. The fourth-order valence-corrected chi connectivity index (χ4v) is 6.66. The van der Waals surface area contributed by atoms with Crippen LogP contribution in [-0.4, -0.2) is 12.1 Å². The highest BCUT2D eigenvalue weighted by Crippen LogP contribution is 2.36. The van der Waals surface area contributed by atoms with E-state index in [9.17, 15) is 4.79 Å². The van der Waals surface area contributed by atoms with E-state index in [1.165, 1.54) is 84.0 Å². The summed E-state index contributed by atoms with van der Waals surface area (Å²) < 4.78 is 12.4. The highest BCUT2D eigenvalue weighted by atomic mass is 16.5. The Morgan fingerprint density at radius 3 is 1.98 bits per heavy atom. The molecule has 4 aromatic rings. The van der Waals surface area contributed by atoms with E-state index in [0.29, 0.717) is 13.0 Å². The van der Waals surface area contributed by atoms with Gasteiger partial charge in [-0.25, -0.2) is 0 Å². The summed E-state index contributed by atoms with van der Waals surface area (Å²) >= 11 is 0. The summed E-state index contributed by atoms with van der Waals surface area (Å²) in [6.45, 7) is 2.78. The predicted octanol–water partition coefficient (Wildman–Crippen LogP) is 11.1. The molecule has 0 N–H and O–H groups in total. The van der Waals surface area contributed by atoms with Crippen molar-refractivity contribution in [3.8, 4) is 5.75 Å². The molecule has 0 heterocycles. The summed E-state index contributed by atoms with van der Waals surface area (Å²) in [6, 6.07) is 27.9. The third kappa shape index (κ3) is 8.15. The van der Waals surface area contributed by atoms with Gasteiger partial charge in [-0.2, -0.15) is 0 Å². The number of carbonyl (C=O) groups is 1. The second kappa shape index (κ2) is 15.8. The number of carbonyl (C=O) groups excluding carboxylic acids is 1. The van der Waals surface area contributed by atoms with E-state index in [4.69, 9.17) is 9.47 Å². The zero-order valence-electron chi connectivity index (χ0n) is 25.5. The van der Waals surface area contributed by atoms with Gasteiger partial charge in [0.25, 0.3) is 0 Å². The third-order valence-electron chi connectivity index (χ3n) is 9.04. The number of esters is 1. The van der Waals surface area contributed by atoms with Crippen LogP contribution in [0, 0.1) is 0 Å². The first-order chi connectivity index (χ1) is 20.7. The molecule has 0 amide bonds. The standard InChI is InChI=1S/C39H48O3/c1-2-3-4-5-6-7-8-9-10-23-39(40)42-38-22-16-15-21-36(38)30-24-26-33(27-25-30)41-29-37-34-19-13-11-17-31(34)28-32-18-12-14-20-35(32)37/h11-14,17-20,24-28,36,38H,2-10,15-16,21-23,29H2,1H3. The van der Waals surface area contributed by atoms with Crippen LogP contribution in [0.15, 0.2) is 78.9 Å². The van der Waals surface area contributed by atoms with Gasteiger partial charge in [-0.3, -0.25) is 4.79 Å². The monoisotopic (exact) mass is 564 g/mol. The lowest BCUT2D eigenvalue weighted by molar-refractivity contribution is -0.151. The summed E-state index contributed by atoms with van der Waals surface area (Å²) in [4.78, 5) is 12.7. The van der Waals surface area contributed by atoms with Crippen LogP contribution >= 0.6 is 0 Å². The van der Waals surface area contributed by atoms with E-state index in [1.807, 2.05) is 0 Å². The molecule has 3 heteroatoms. The van der Waals surface area contributed by atoms with Crippen molar-refractivity contribution in [2.45, 2.75) is 115 Å². The van der Waals surface area contributed by atoms with Crippen molar-refractivity contribution in [1.82, 2.24) is 0 Å². The normalized spacial score (nSPS) is 17.0. The van der Waals surface area contributed by atoms with E-state index in [0.717, 1.165) is 37.9 Å². The highest BCUT2D eigenvalue weighted by Gasteiger charge is 2.29. The molecule has 2 unspecified atom stereocenters. The van der Waals surface area contributed by atoms with Crippen LogP contribution in [-0.2, 0) is 16.1 Å². The first-order valence-corrected chi connectivity index (χ1v) is 16.5. The second-order valence-electron chi connectivity index (χ2n) is 12.2. The quantitative estimate of drug-likeness (QED) is 0.0818. The van der Waals surface area contributed by atoms with Crippen LogP contribution in [0.5, 0.6) is 5.75 Å². The maximum Gasteiger partial charge on any atom is 0.306 e. The molecule has 4 aromatic carbocycles. The molecule has 222 valence electrons. The van der Waals surface area contributed by atoms with Gasteiger partial charge in [0.1, 0.15) is 18.5 Å². The Hall–Kier alpha value is -3.33. The van der Waals surface area contributed by atoms with Gasteiger partial charge in [-0.15, -0.1) is 0 Å². The van der Waals surface area contributed by atoms with Crippen molar-refractivity contribution in [2.24, 2.45) is 0 Å². The molecule has 0 saturated heterocycles. The smallest absolute Gasteiger partial charge is 0.306 e. The van der Waals surface area contributed by atoms with Crippen LogP contribution < -0.4 is 4.74 Å². The Balaban J connectivity index is 1.13. The molecule has 1 saturated carbocycles. The molecule has 0 aliphatic heterocycles. The Labute approximate surface area is 252 Å². The third-order valence-corrected chi connectivity index (χ3v) is 9.04. The molecule has 0 radical (unpaired) electrons. The fraction of sp³-hybridized carbons (Fsp3) is 0.462. The van der Waals surface area contributed by atoms with Crippen LogP contribution in [0.4, 0.5) is 0 Å². The molecule has 1 aliphatic carbocycles. The second-order valence-corrected chi connectivity index (χ2v) is 12.2. The lowest BCUT2D eigenvalue weighted by atomic mass is 9.81. The maximum atomic E-state index is 12.7. The maximum absolute atomic E-state index is 12.7. The Morgan fingerprint density at radius 2 is 1.31 bits per heavy atom. The Morgan fingerprint density at radius 1 is 0.714 bits per heavy atom. The summed E-state index contributed by atoms with van der Waals surface area (Å²) in [5, 5.41) is 4.95. The van der Waals surface area contributed by atoms with Crippen LogP contribution in [0.2, 0.25) is 0 Å². The van der Waals surface area contributed by atoms with Crippen molar-refractivity contribution < 1.29 is 14.3 Å². The molecule has 0 spiro atoms. The number of hydrogen-bond donors (Lipinski definition) is 0. The summed E-state index contributed by atoms with van der Waals surface area (Å²) in [7, 11) is 0.